The van der Waals surface area contributed by atoms with Gasteiger partial charge in [-0.05, 0) is 43.5 Å². The summed E-state index contributed by atoms with van der Waals surface area (Å²) in [4.78, 5) is 37.0. The first-order valence-electron chi connectivity index (χ1n) is 8.01. The van der Waals surface area contributed by atoms with Crippen molar-refractivity contribution in [3.63, 3.8) is 0 Å². The Morgan fingerprint density at radius 1 is 1.17 bits per heavy atom. The fourth-order valence-corrected chi connectivity index (χ4v) is 2.82. The Labute approximate surface area is 141 Å². The van der Waals surface area contributed by atoms with Gasteiger partial charge in [0.15, 0.2) is 0 Å². The lowest BCUT2D eigenvalue weighted by atomic mass is 9.95. The van der Waals surface area contributed by atoms with Gasteiger partial charge in [0.25, 0.3) is 0 Å². The largest absolute Gasteiger partial charge is 0.339 e. The quantitative estimate of drug-likeness (QED) is 0.832. The molecular formula is C18H23N3O3. The Morgan fingerprint density at radius 2 is 1.75 bits per heavy atom. The van der Waals surface area contributed by atoms with Crippen LogP contribution in [-0.4, -0.2) is 35.7 Å². The summed E-state index contributed by atoms with van der Waals surface area (Å²) in [7, 11) is 0. The Bertz CT molecular complexity index is 661. The molecule has 3 amide bonds. The SMILES string of the molecule is C=CC(=O)N1CCC(C(=O)Nc2cccc(NC(C)=O)c2C)CC1. The lowest BCUT2D eigenvalue weighted by molar-refractivity contribution is -0.130. The number of hydrogen-bond acceptors (Lipinski definition) is 3. The topological polar surface area (TPSA) is 78.5 Å². The summed E-state index contributed by atoms with van der Waals surface area (Å²) in [6.07, 6.45) is 2.57. The summed E-state index contributed by atoms with van der Waals surface area (Å²) in [6.45, 7) is 7.91. The van der Waals surface area contributed by atoms with Crippen LogP contribution in [-0.2, 0) is 14.4 Å². The maximum atomic E-state index is 12.5. The van der Waals surface area contributed by atoms with Crippen LogP contribution < -0.4 is 10.6 Å². The van der Waals surface area contributed by atoms with Gasteiger partial charge in [0.2, 0.25) is 17.7 Å². The van der Waals surface area contributed by atoms with Crippen LogP contribution in [0.1, 0.15) is 25.3 Å². The third-order valence-electron chi connectivity index (χ3n) is 4.25. The van der Waals surface area contributed by atoms with Crippen molar-refractivity contribution in [2.24, 2.45) is 5.92 Å². The molecule has 1 aliphatic heterocycles. The number of piperidine rings is 1. The minimum atomic E-state index is -0.152. The second-order valence-electron chi connectivity index (χ2n) is 5.95. The van der Waals surface area contributed by atoms with Crippen molar-refractivity contribution < 1.29 is 14.4 Å². The molecule has 0 aliphatic carbocycles. The lowest BCUT2D eigenvalue weighted by Gasteiger charge is -2.30. The van der Waals surface area contributed by atoms with Gasteiger partial charge < -0.3 is 15.5 Å². The summed E-state index contributed by atoms with van der Waals surface area (Å²) in [5.74, 6) is -0.417. The van der Waals surface area contributed by atoms with E-state index in [1.54, 1.807) is 17.0 Å². The van der Waals surface area contributed by atoms with E-state index in [1.165, 1.54) is 13.0 Å². The summed E-state index contributed by atoms with van der Waals surface area (Å²) >= 11 is 0. The van der Waals surface area contributed by atoms with E-state index in [-0.39, 0.29) is 23.6 Å². The molecule has 1 fully saturated rings. The van der Waals surface area contributed by atoms with Crippen molar-refractivity contribution in [3.05, 3.63) is 36.4 Å². The number of carbonyl (C=O) groups is 3. The van der Waals surface area contributed by atoms with Crippen LogP contribution in [0.2, 0.25) is 0 Å². The van der Waals surface area contributed by atoms with Crippen molar-refractivity contribution in [1.82, 2.24) is 4.90 Å². The number of likely N-dealkylation sites (tertiary alicyclic amines) is 1. The number of amides is 3. The monoisotopic (exact) mass is 329 g/mol. The summed E-state index contributed by atoms with van der Waals surface area (Å²) in [5.41, 5.74) is 2.20. The highest BCUT2D eigenvalue weighted by atomic mass is 16.2. The van der Waals surface area contributed by atoms with Crippen molar-refractivity contribution in [1.29, 1.82) is 0 Å². The molecule has 1 saturated heterocycles. The van der Waals surface area contributed by atoms with E-state index < -0.39 is 0 Å². The minimum Gasteiger partial charge on any atom is -0.339 e. The van der Waals surface area contributed by atoms with Crippen LogP contribution in [0, 0.1) is 12.8 Å². The third-order valence-corrected chi connectivity index (χ3v) is 4.25. The van der Waals surface area contributed by atoms with Crippen LogP contribution >= 0.6 is 0 Å². The number of carbonyl (C=O) groups excluding carboxylic acids is 3. The average Bonchev–Trinajstić information content (AvgIpc) is 2.57. The molecule has 0 bridgehead atoms. The Kier molecular flexibility index (Phi) is 5.73. The summed E-state index contributed by atoms with van der Waals surface area (Å²) in [5, 5.41) is 5.68. The Balaban J connectivity index is 1.99. The molecule has 0 atom stereocenters. The number of nitrogens with zero attached hydrogens (tertiary/aromatic N) is 1. The first kappa shape index (κ1) is 17.7. The zero-order valence-electron chi connectivity index (χ0n) is 14.1. The van der Waals surface area contributed by atoms with E-state index >= 15 is 0 Å². The van der Waals surface area contributed by atoms with Gasteiger partial charge >= 0.3 is 0 Å². The molecule has 0 aromatic heterocycles. The summed E-state index contributed by atoms with van der Waals surface area (Å²) in [6, 6.07) is 5.40. The molecular weight excluding hydrogens is 306 g/mol. The van der Waals surface area contributed by atoms with Crippen LogP contribution in [0.5, 0.6) is 0 Å². The molecule has 2 rings (SSSR count). The van der Waals surface area contributed by atoms with Crippen LogP contribution in [0.15, 0.2) is 30.9 Å². The van der Waals surface area contributed by atoms with E-state index in [4.69, 9.17) is 0 Å². The number of rotatable bonds is 4. The molecule has 0 spiro atoms. The second kappa shape index (κ2) is 7.77. The van der Waals surface area contributed by atoms with Crippen LogP contribution in [0.4, 0.5) is 11.4 Å². The third kappa shape index (κ3) is 4.22. The van der Waals surface area contributed by atoms with E-state index in [9.17, 15) is 14.4 Å². The zero-order valence-corrected chi connectivity index (χ0v) is 14.1. The normalized spacial score (nSPS) is 14.8. The number of benzene rings is 1. The fourth-order valence-electron chi connectivity index (χ4n) is 2.82. The number of hydrogen-bond donors (Lipinski definition) is 2. The highest BCUT2D eigenvalue weighted by Crippen LogP contribution is 2.25. The van der Waals surface area contributed by atoms with Crippen LogP contribution in [0.3, 0.4) is 0 Å². The molecule has 1 aliphatic rings. The van der Waals surface area contributed by atoms with Crippen LogP contribution in [0.25, 0.3) is 0 Å². The predicted molar refractivity (Wildman–Crippen MR) is 93.6 cm³/mol. The lowest BCUT2D eigenvalue weighted by Crippen LogP contribution is -2.40. The van der Waals surface area contributed by atoms with Crippen molar-refractivity contribution >= 4 is 29.1 Å². The Hall–Kier alpha value is -2.63. The minimum absolute atomic E-state index is 0.0521. The fraction of sp³-hybridized carbons (Fsp3) is 0.389. The van der Waals surface area contributed by atoms with Gasteiger partial charge in [-0.1, -0.05) is 12.6 Å². The number of nitrogens with one attached hydrogen (secondary N) is 2. The van der Waals surface area contributed by atoms with Crippen molar-refractivity contribution in [2.45, 2.75) is 26.7 Å². The summed E-state index contributed by atoms with van der Waals surface area (Å²) < 4.78 is 0. The van der Waals surface area contributed by atoms with E-state index in [2.05, 4.69) is 17.2 Å². The maximum absolute atomic E-state index is 12.5. The standard InChI is InChI=1S/C18H23N3O3/c1-4-17(23)21-10-8-14(9-11-21)18(24)20-16-7-5-6-15(12(16)2)19-13(3)22/h4-7,14H,1,8-11H2,2-3H3,(H,19,22)(H,20,24). The molecule has 1 aromatic rings. The van der Waals surface area contributed by atoms with Gasteiger partial charge in [0.1, 0.15) is 0 Å². The molecule has 128 valence electrons. The molecule has 0 radical (unpaired) electrons. The number of anilines is 2. The smallest absolute Gasteiger partial charge is 0.245 e. The highest BCUT2D eigenvalue weighted by Gasteiger charge is 2.26. The molecule has 2 N–H and O–H groups in total. The molecule has 24 heavy (non-hydrogen) atoms. The van der Waals surface area contributed by atoms with Gasteiger partial charge in [-0.15, -0.1) is 0 Å². The van der Waals surface area contributed by atoms with Gasteiger partial charge in [-0.2, -0.15) is 0 Å². The van der Waals surface area contributed by atoms with Gasteiger partial charge in [-0.25, -0.2) is 0 Å². The maximum Gasteiger partial charge on any atom is 0.245 e. The first-order chi connectivity index (χ1) is 11.4. The van der Waals surface area contributed by atoms with Crippen molar-refractivity contribution in [2.75, 3.05) is 23.7 Å². The van der Waals surface area contributed by atoms with Gasteiger partial charge in [-0.3, -0.25) is 14.4 Å². The molecule has 1 aromatic carbocycles. The van der Waals surface area contributed by atoms with Gasteiger partial charge in [0, 0.05) is 37.3 Å². The molecule has 0 saturated carbocycles. The molecule has 6 heteroatoms. The predicted octanol–water partition coefficient (Wildman–Crippen LogP) is 2.32. The van der Waals surface area contributed by atoms with E-state index in [1.807, 2.05) is 13.0 Å². The molecule has 6 nitrogen and oxygen atoms in total. The van der Waals surface area contributed by atoms with E-state index in [0.29, 0.717) is 37.3 Å². The second-order valence-corrected chi connectivity index (χ2v) is 5.95. The van der Waals surface area contributed by atoms with E-state index in [0.717, 1.165) is 5.56 Å². The molecule has 1 heterocycles. The Morgan fingerprint density at radius 3 is 2.29 bits per heavy atom. The van der Waals surface area contributed by atoms with Gasteiger partial charge in [0.05, 0.1) is 0 Å². The zero-order chi connectivity index (χ0) is 17.7. The molecule has 0 unspecified atom stereocenters. The van der Waals surface area contributed by atoms with Crippen molar-refractivity contribution in [3.8, 4) is 0 Å². The average molecular weight is 329 g/mol. The first-order valence-corrected chi connectivity index (χ1v) is 8.01. The highest BCUT2D eigenvalue weighted by molar-refractivity contribution is 5.96.